The van der Waals surface area contributed by atoms with Crippen molar-refractivity contribution >= 4 is 40.8 Å². The number of benzene rings is 1. The van der Waals surface area contributed by atoms with Crippen molar-refractivity contribution in [2.75, 3.05) is 31.1 Å². The lowest BCUT2D eigenvalue weighted by atomic mass is 10.2. The van der Waals surface area contributed by atoms with Crippen molar-refractivity contribution < 1.29 is 23.5 Å². The fourth-order valence-electron chi connectivity index (χ4n) is 3.69. The molecule has 2 fully saturated rings. The van der Waals surface area contributed by atoms with Crippen LogP contribution in [0.25, 0.3) is 6.08 Å². The molecule has 2 aliphatic rings. The molecule has 1 aromatic carbocycles. The van der Waals surface area contributed by atoms with E-state index in [2.05, 4.69) is 15.3 Å². The zero-order valence-electron chi connectivity index (χ0n) is 18.5. The third kappa shape index (κ3) is 5.35. The molecule has 0 bridgehead atoms. The molecule has 10 nitrogen and oxygen atoms in total. The van der Waals surface area contributed by atoms with Gasteiger partial charge in [-0.05, 0) is 42.1 Å². The number of ether oxygens (including phenoxy) is 1. The summed E-state index contributed by atoms with van der Waals surface area (Å²) in [5, 5.41) is 1.81. The van der Waals surface area contributed by atoms with Crippen molar-refractivity contribution in [1.82, 2.24) is 20.2 Å². The minimum absolute atomic E-state index is 0.0129. The third-order valence-electron chi connectivity index (χ3n) is 5.44. The summed E-state index contributed by atoms with van der Waals surface area (Å²) in [6, 6.07) is 14.3. The number of nitrogens with zero attached hydrogens (tertiary/aromatic N) is 4. The molecule has 35 heavy (non-hydrogen) atoms. The van der Waals surface area contributed by atoms with E-state index >= 15 is 0 Å². The van der Waals surface area contributed by atoms with Crippen LogP contribution in [0.3, 0.4) is 0 Å². The predicted molar refractivity (Wildman–Crippen MR) is 129 cm³/mol. The molecular weight excluding hydrogens is 470 g/mol. The Labute approximate surface area is 205 Å². The lowest BCUT2D eigenvalue weighted by Gasteiger charge is -2.35. The van der Waals surface area contributed by atoms with Gasteiger partial charge in [0.05, 0.1) is 16.9 Å². The number of hydrogen-bond acceptors (Lipinski definition) is 9. The van der Waals surface area contributed by atoms with Gasteiger partial charge in [0, 0.05) is 37.8 Å². The minimum Gasteiger partial charge on any atom is -0.469 e. The Morgan fingerprint density at radius 2 is 1.89 bits per heavy atom. The maximum Gasteiger partial charge on any atom is 0.290 e. The molecule has 11 heteroatoms. The first-order valence-electron chi connectivity index (χ1n) is 10.9. The van der Waals surface area contributed by atoms with Gasteiger partial charge in [-0.2, -0.15) is 4.98 Å². The smallest absolute Gasteiger partial charge is 0.290 e. The van der Waals surface area contributed by atoms with E-state index in [-0.39, 0.29) is 17.4 Å². The van der Waals surface area contributed by atoms with E-state index in [0.29, 0.717) is 55.0 Å². The van der Waals surface area contributed by atoms with Crippen LogP contribution < -0.4 is 15.0 Å². The van der Waals surface area contributed by atoms with E-state index in [0.717, 1.165) is 11.8 Å². The fraction of sp³-hybridized carbons (Fsp3) is 0.208. The highest BCUT2D eigenvalue weighted by Gasteiger charge is 2.27. The second-order valence-electron chi connectivity index (χ2n) is 7.80. The van der Waals surface area contributed by atoms with Gasteiger partial charge in [0.1, 0.15) is 12.4 Å². The first kappa shape index (κ1) is 22.7. The molecule has 3 amide bonds. The number of carbonyl (C=O) groups excluding carboxylic acids is 3. The number of piperazine rings is 1. The normalized spacial score (nSPS) is 17.1. The number of hydrogen-bond donors (Lipinski definition) is 1. The monoisotopic (exact) mass is 491 g/mol. The molecule has 0 spiro atoms. The summed E-state index contributed by atoms with van der Waals surface area (Å²) in [6.07, 6.45) is 3.09. The molecule has 2 aliphatic heterocycles. The number of aromatic nitrogens is 2. The average molecular weight is 492 g/mol. The number of furan rings is 1. The Balaban J connectivity index is 1.35. The average Bonchev–Trinajstić information content (AvgIpc) is 3.52. The van der Waals surface area contributed by atoms with E-state index in [1.165, 1.54) is 6.08 Å². The Kier molecular flexibility index (Phi) is 6.49. The van der Waals surface area contributed by atoms with E-state index < -0.39 is 11.1 Å². The van der Waals surface area contributed by atoms with Gasteiger partial charge in [0.2, 0.25) is 11.8 Å². The van der Waals surface area contributed by atoms with Crippen molar-refractivity contribution in [3.05, 3.63) is 76.7 Å². The second kappa shape index (κ2) is 10.0. The molecule has 178 valence electrons. The maximum absolute atomic E-state index is 12.8. The lowest BCUT2D eigenvalue weighted by molar-refractivity contribution is -0.115. The van der Waals surface area contributed by atoms with E-state index in [9.17, 15) is 14.4 Å². The summed E-state index contributed by atoms with van der Waals surface area (Å²) in [5.41, 5.74) is 1.08. The van der Waals surface area contributed by atoms with Crippen LogP contribution in [0.2, 0.25) is 0 Å². The van der Waals surface area contributed by atoms with Gasteiger partial charge in [-0.3, -0.25) is 19.7 Å². The number of amides is 3. The largest absolute Gasteiger partial charge is 0.469 e. The quantitative estimate of drug-likeness (QED) is 0.519. The van der Waals surface area contributed by atoms with Crippen LogP contribution in [-0.2, 0) is 11.4 Å². The van der Waals surface area contributed by atoms with Gasteiger partial charge >= 0.3 is 0 Å². The highest BCUT2D eigenvalue weighted by atomic mass is 32.2. The van der Waals surface area contributed by atoms with Crippen LogP contribution in [0.1, 0.15) is 21.8 Å². The van der Waals surface area contributed by atoms with Gasteiger partial charge in [-0.25, -0.2) is 4.98 Å². The number of anilines is 1. The van der Waals surface area contributed by atoms with Gasteiger partial charge in [0.25, 0.3) is 17.1 Å². The van der Waals surface area contributed by atoms with E-state index in [1.807, 2.05) is 23.1 Å². The highest BCUT2D eigenvalue weighted by Crippen LogP contribution is 2.27. The molecule has 0 atom stereocenters. The van der Waals surface area contributed by atoms with Crippen molar-refractivity contribution in [2.45, 2.75) is 6.61 Å². The summed E-state index contributed by atoms with van der Waals surface area (Å²) >= 11 is 0.816. The topological polar surface area (TPSA) is 118 Å². The lowest BCUT2D eigenvalue weighted by Crippen LogP contribution is -2.49. The summed E-state index contributed by atoms with van der Waals surface area (Å²) in [6.45, 7) is 2.26. The molecule has 0 unspecified atom stereocenters. The molecule has 2 saturated heterocycles. The molecule has 1 N–H and O–H groups in total. The summed E-state index contributed by atoms with van der Waals surface area (Å²) in [4.78, 5) is 49.4. The van der Waals surface area contributed by atoms with Crippen molar-refractivity contribution in [3.8, 4) is 5.88 Å². The summed E-state index contributed by atoms with van der Waals surface area (Å²) in [5.74, 6) is 0.868. The van der Waals surface area contributed by atoms with Crippen LogP contribution in [-0.4, -0.2) is 58.1 Å². The maximum atomic E-state index is 12.8. The van der Waals surface area contributed by atoms with Crippen LogP contribution in [0, 0.1) is 0 Å². The number of nitrogens with one attached hydrogen (secondary N) is 1. The van der Waals surface area contributed by atoms with Gasteiger partial charge in [0.15, 0.2) is 0 Å². The van der Waals surface area contributed by atoms with Gasteiger partial charge in [-0.15, -0.1) is 0 Å². The Hall–Kier alpha value is -4.12. The first-order valence-corrected chi connectivity index (χ1v) is 11.8. The van der Waals surface area contributed by atoms with Crippen LogP contribution >= 0.6 is 11.8 Å². The van der Waals surface area contributed by atoms with E-state index in [1.54, 1.807) is 41.5 Å². The molecule has 2 aromatic heterocycles. The summed E-state index contributed by atoms with van der Waals surface area (Å²) < 4.78 is 11.1. The first-order chi connectivity index (χ1) is 17.0. The predicted octanol–water partition coefficient (Wildman–Crippen LogP) is 2.93. The van der Waals surface area contributed by atoms with Gasteiger partial charge < -0.3 is 19.0 Å². The van der Waals surface area contributed by atoms with Crippen LogP contribution in [0.4, 0.5) is 10.7 Å². The molecule has 0 aliphatic carbocycles. The van der Waals surface area contributed by atoms with Crippen LogP contribution in [0.15, 0.2) is 64.1 Å². The fourth-order valence-corrected chi connectivity index (χ4v) is 4.35. The number of carbonyl (C=O) groups is 3. The molecule has 0 saturated carbocycles. The zero-order valence-corrected chi connectivity index (χ0v) is 19.4. The third-order valence-corrected chi connectivity index (χ3v) is 6.26. The van der Waals surface area contributed by atoms with Crippen molar-refractivity contribution in [2.24, 2.45) is 0 Å². The number of imide groups is 1. The molecule has 4 heterocycles. The zero-order chi connectivity index (χ0) is 24.2. The molecule has 5 rings (SSSR count). The SMILES string of the molecule is O=C1NC(=O)/C(=C/c2cc(OCc3ccco3)nc(N3CCN(C(=O)c4ccccc4)CC3)n2)S1. The molecule has 3 aromatic rings. The second-order valence-corrected chi connectivity index (χ2v) is 8.81. The van der Waals surface area contributed by atoms with E-state index in [4.69, 9.17) is 9.15 Å². The molecular formula is C24H21N5O5S. The van der Waals surface area contributed by atoms with Crippen LogP contribution in [0.5, 0.6) is 5.88 Å². The Morgan fingerprint density at radius 3 is 2.57 bits per heavy atom. The minimum atomic E-state index is -0.466. The summed E-state index contributed by atoms with van der Waals surface area (Å²) in [7, 11) is 0. The molecule has 0 radical (unpaired) electrons. The standard InChI is InChI=1S/C24H21N5O5S/c30-21-19(35-24(32)27-21)13-17-14-20(34-15-18-7-4-12-33-18)26-23(25-17)29-10-8-28(9-11-29)22(31)16-5-2-1-3-6-16/h1-7,12-14H,8-11,15H2,(H,27,30,32)/b19-13-. The highest BCUT2D eigenvalue weighted by molar-refractivity contribution is 8.18. The van der Waals surface area contributed by atoms with Gasteiger partial charge in [-0.1, -0.05) is 18.2 Å². The van der Waals surface area contributed by atoms with Crippen molar-refractivity contribution in [3.63, 3.8) is 0 Å². The Morgan fingerprint density at radius 1 is 1.09 bits per heavy atom. The Bertz CT molecular complexity index is 1270. The number of rotatable bonds is 6. The van der Waals surface area contributed by atoms with Crippen molar-refractivity contribution in [1.29, 1.82) is 0 Å². The number of thioether (sulfide) groups is 1.